The zero-order valence-corrected chi connectivity index (χ0v) is 7.96. The number of aliphatic hydroxyl groups excluding tert-OH is 1. The summed E-state index contributed by atoms with van der Waals surface area (Å²) in [5.41, 5.74) is 5.22. The molecule has 84 valence electrons. The van der Waals surface area contributed by atoms with Gasteiger partial charge in [0, 0.05) is 6.04 Å². The normalized spacial score (nSPS) is 13.9. The van der Waals surface area contributed by atoms with E-state index in [9.17, 15) is 13.2 Å². The lowest BCUT2D eigenvalue weighted by Gasteiger charge is -2.11. The third kappa shape index (κ3) is 3.53. The van der Waals surface area contributed by atoms with Crippen LogP contribution in [0.5, 0.6) is 0 Å². The van der Waals surface area contributed by atoms with Crippen LogP contribution in [0, 0.1) is 0 Å². The Bertz CT molecular complexity index is 325. The molecular weight excluding hydrogens is 207 g/mol. The van der Waals surface area contributed by atoms with Gasteiger partial charge in [-0.3, -0.25) is 0 Å². The van der Waals surface area contributed by atoms with Crippen LogP contribution in [0.15, 0.2) is 24.3 Å². The number of hydrogen-bond acceptors (Lipinski definition) is 2. The van der Waals surface area contributed by atoms with Crippen LogP contribution in [0.2, 0.25) is 0 Å². The number of nitrogens with two attached hydrogens (primary N) is 1. The van der Waals surface area contributed by atoms with Crippen molar-refractivity contribution in [3.63, 3.8) is 0 Å². The lowest BCUT2D eigenvalue weighted by molar-refractivity contribution is -0.137. The van der Waals surface area contributed by atoms with E-state index in [-0.39, 0.29) is 13.0 Å². The van der Waals surface area contributed by atoms with Gasteiger partial charge in [-0.2, -0.15) is 13.2 Å². The highest BCUT2D eigenvalue weighted by atomic mass is 19.4. The van der Waals surface area contributed by atoms with Gasteiger partial charge in [0.2, 0.25) is 0 Å². The van der Waals surface area contributed by atoms with Crippen LogP contribution in [-0.2, 0) is 12.6 Å². The summed E-state index contributed by atoms with van der Waals surface area (Å²) in [5, 5.41) is 8.68. The summed E-state index contributed by atoms with van der Waals surface area (Å²) < 4.78 is 36.9. The summed E-state index contributed by atoms with van der Waals surface area (Å²) in [5.74, 6) is 0. The first-order valence-electron chi connectivity index (χ1n) is 4.46. The summed E-state index contributed by atoms with van der Waals surface area (Å²) in [4.78, 5) is 0. The fourth-order valence-electron chi connectivity index (χ4n) is 1.24. The molecule has 5 heteroatoms. The van der Waals surface area contributed by atoms with Crippen molar-refractivity contribution in [2.45, 2.75) is 18.6 Å². The molecule has 15 heavy (non-hydrogen) atoms. The van der Waals surface area contributed by atoms with Crippen LogP contribution >= 0.6 is 0 Å². The smallest absolute Gasteiger partial charge is 0.395 e. The first-order chi connectivity index (χ1) is 6.93. The Morgan fingerprint density at radius 2 is 2.00 bits per heavy atom. The van der Waals surface area contributed by atoms with Crippen LogP contribution in [0.25, 0.3) is 0 Å². The van der Waals surface area contributed by atoms with E-state index in [1.807, 2.05) is 0 Å². The van der Waals surface area contributed by atoms with Gasteiger partial charge in [-0.1, -0.05) is 18.2 Å². The quantitative estimate of drug-likeness (QED) is 0.810. The second-order valence-electron chi connectivity index (χ2n) is 3.34. The molecule has 0 saturated heterocycles. The van der Waals surface area contributed by atoms with E-state index in [1.165, 1.54) is 6.07 Å². The first-order valence-corrected chi connectivity index (χ1v) is 4.46. The number of hydrogen-bond donors (Lipinski definition) is 2. The van der Waals surface area contributed by atoms with Crippen LogP contribution in [-0.4, -0.2) is 17.8 Å². The van der Waals surface area contributed by atoms with Gasteiger partial charge in [0.15, 0.2) is 0 Å². The molecule has 0 aliphatic carbocycles. The molecule has 3 N–H and O–H groups in total. The largest absolute Gasteiger partial charge is 0.416 e. The molecule has 0 bridgehead atoms. The van der Waals surface area contributed by atoms with Crippen molar-refractivity contribution < 1.29 is 18.3 Å². The average Bonchev–Trinajstić information content (AvgIpc) is 2.17. The van der Waals surface area contributed by atoms with Gasteiger partial charge < -0.3 is 10.8 Å². The molecule has 2 nitrogen and oxygen atoms in total. The van der Waals surface area contributed by atoms with Crippen LogP contribution in [0.4, 0.5) is 13.2 Å². The predicted octanol–water partition coefficient (Wildman–Crippen LogP) is 1.57. The van der Waals surface area contributed by atoms with Crippen LogP contribution in [0.1, 0.15) is 11.1 Å². The van der Waals surface area contributed by atoms with Crippen molar-refractivity contribution in [2.24, 2.45) is 5.73 Å². The second kappa shape index (κ2) is 4.63. The molecule has 0 amide bonds. The molecule has 0 aliphatic heterocycles. The van der Waals surface area contributed by atoms with Crippen molar-refractivity contribution in [3.8, 4) is 0 Å². The zero-order valence-electron chi connectivity index (χ0n) is 7.96. The third-order valence-corrected chi connectivity index (χ3v) is 1.99. The Hall–Kier alpha value is -1.07. The Morgan fingerprint density at radius 1 is 1.33 bits per heavy atom. The summed E-state index contributed by atoms with van der Waals surface area (Å²) in [6.45, 7) is -0.240. The van der Waals surface area contributed by atoms with E-state index in [0.29, 0.717) is 5.56 Å². The summed E-state index contributed by atoms with van der Waals surface area (Å²) in [6.07, 6.45) is -4.10. The molecule has 0 spiro atoms. The monoisotopic (exact) mass is 219 g/mol. The SMILES string of the molecule is N[C@H](CO)Cc1cccc(C(F)(F)F)c1. The maximum atomic E-state index is 12.3. The molecular formula is C10H12F3NO. The lowest BCUT2D eigenvalue weighted by Crippen LogP contribution is -2.26. The van der Waals surface area contributed by atoms with Gasteiger partial charge in [-0.25, -0.2) is 0 Å². The van der Waals surface area contributed by atoms with E-state index in [1.54, 1.807) is 6.07 Å². The Morgan fingerprint density at radius 3 is 2.53 bits per heavy atom. The highest BCUT2D eigenvalue weighted by Gasteiger charge is 2.30. The number of halogens is 3. The molecule has 0 radical (unpaired) electrons. The highest BCUT2D eigenvalue weighted by molar-refractivity contribution is 5.26. The van der Waals surface area contributed by atoms with Gasteiger partial charge in [0.05, 0.1) is 12.2 Å². The van der Waals surface area contributed by atoms with Crippen molar-refractivity contribution >= 4 is 0 Å². The standard InChI is InChI=1S/C10H12F3NO/c11-10(12,13)8-3-1-2-7(4-8)5-9(14)6-15/h1-4,9,15H,5-6,14H2/t9-/m0/s1. The van der Waals surface area contributed by atoms with Crippen molar-refractivity contribution in [3.05, 3.63) is 35.4 Å². The number of alkyl halides is 3. The van der Waals surface area contributed by atoms with E-state index < -0.39 is 17.8 Å². The molecule has 0 fully saturated rings. The minimum atomic E-state index is -4.33. The highest BCUT2D eigenvalue weighted by Crippen LogP contribution is 2.29. The van der Waals surface area contributed by atoms with Crippen molar-refractivity contribution in [2.75, 3.05) is 6.61 Å². The van der Waals surface area contributed by atoms with E-state index in [0.717, 1.165) is 12.1 Å². The van der Waals surface area contributed by atoms with E-state index in [2.05, 4.69) is 0 Å². The Kier molecular flexibility index (Phi) is 3.71. The third-order valence-electron chi connectivity index (χ3n) is 1.99. The van der Waals surface area contributed by atoms with Gasteiger partial charge >= 0.3 is 6.18 Å². The zero-order chi connectivity index (χ0) is 11.5. The van der Waals surface area contributed by atoms with Gasteiger partial charge in [0.25, 0.3) is 0 Å². The van der Waals surface area contributed by atoms with Crippen LogP contribution < -0.4 is 5.73 Å². The predicted molar refractivity (Wildman–Crippen MR) is 50.2 cm³/mol. The number of aliphatic hydroxyl groups is 1. The molecule has 1 aromatic rings. The van der Waals surface area contributed by atoms with Gasteiger partial charge in [-0.05, 0) is 18.1 Å². The average molecular weight is 219 g/mol. The second-order valence-corrected chi connectivity index (χ2v) is 3.34. The summed E-state index contributed by atoms with van der Waals surface area (Å²) in [6, 6.07) is 4.43. The topological polar surface area (TPSA) is 46.2 Å². The molecule has 1 atom stereocenters. The fourth-order valence-corrected chi connectivity index (χ4v) is 1.24. The first kappa shape index (κ1) is 12.0. The van der Waals surface area contributed by atoms with Crippen molar-refractivity contribution in [1.82, 2.24) is 0 Å². The number of benzene rings is 1. The Balaban J connectivity index is 2.84. The maximum Gasteiger partial charge on any atom is 0.416 e. The van der Waals surface area contributed by atoms with Crippen LogP contribution in [0.3, 0.4) is 0 Å². The lowest BCUT2D eigenvalue weighted by atomic mass is 10.0. The molecule has 0 unspecified atom stereocenters. The summed E-state index contributed by atoms with van der Waals surface area (Å²) in [7, 11) is 0. The molecule has 1 rings (SSSR count). The maximum absolute atomic E-state index is 12.3. The van der Waals surface area contributed by atoms with Gasteiger partial charge in [-0.15, -0.1) is 0 Å². The van der Waals surface area contributed by atoms with Crippen molar-refractivity contribution in [1.29, 1.82) is 0 Å². The Labute approximate surface area is 85.5 Å². The fraction of sp³-hybridized carbons (Fsp3) is 0.400. The van der Waals surface area contributed by atoms with Gasteiger partial charge in [0.1, 0.15) is 0 Å². The number of rotatable bonds is 3. The molecule has 0 aliphatic rings. The van der Waals surface area contributed by atoms with E-state index >= 15 is 0 Å². The molecule has 0 saturated carbocycles. The summed E-state index contributed by atoms with van der Waals surface area (Å²) >= 11 is 0. The minimum absolute atomic E-state index is 0.237. The molecule has 1 aromatic carbocycles. The molecule has 0 aromatic heterocycles. The molecule has 0 heterocycles. The van der Waals surface area contributed by atoms with E-state index in [4.69, 9.17) is 10.8 Å². The minimum Gasteiger partial charge on any atom is -0.395 e.